The molecular weight excluding hydrogens is 460 g/mol. The third-order valence-corrected chi connectivity index (χ3v) is 9.16. The Morgan fingerprint density at radius 2 is 1.77 bits per heavy atom. The summed E-state index contributed by atoms with van der Waals surface area (Å²) in [5.74, 6) is -0.105. The average Bonchev–Trinajstić information content (AvgIpc) is 3.10. The van der Waals surface area contributed by atoms with Crippen LogP contribution in [0, 0.1) is 18.3 Å². The molecule has 0 aliphatic carbocycles. The molecule has 0 bridgehead atoms. The van der Waals surface area contributed by atoms with Gasteiger partial charge in [0.25, 0.3) is 5.91 Å². The van der Waals surface area contributed by atoms with E-state index in [1.165, 1.54) is 0 Å². The number of aryl methyl sites for hydroxylation is 1. The molecule has 2 fully saturated rings. The van der Waals surface area contributed by atoms with Crippen LogP contribution in [0.1, 0.15) is 59.7 Å². The number of nitrogens with zero attached hydrogens (tertiary/aromatic N) is 4. The van der Waals surface area contributed by atoms with Gasteiger partial charge in [-0.3, -0.25) is 9.69 Å². The third-order valence-electron chi connectivity index (χ3n) is 7.15. The maximum absolute atomic E-state index is 13.5. The fourth-order valence-electron chi connectivity index (χ4n) is 5.00. The van der Waals surface area contributed by atoms with Gasteiger partial charge in [-0.05, 0) is 68.5 Å². The van der Waals surface area contributed by atoms with Crippen LogP contribution in [-0.4, -0.2) is 67.2 Å². The van der Waals surface area contributed by atoms with Crippen LogP contribution in [0.3, 0.4) is 0 Å². The van der Waals surface area contributed by atoms with Gasteiger partial charge in [-0.2, -0.15) is 9.57 Å². The highest BCUT2D eigenvalue weighted by Crippen LogP contribution is 2.27. The summed E-state index contributed by atoms with van der Waals surface area (Å²) in [6, 6.07) is 14.7. The summed E-state index contributed by atoms with van der Waals surface area (Å²) in [5, 5.41) is 8.99. The number of rotatable bonds is 5. The molecule has 2 aromatic rings. The van der Waals surface area contributed by atoms with Crippen molar-refractivity contribution in [3.8, 4) is 6.07 Å². The second-order valence-corrected chi connectivity index (χ2v) is 11.6. The van der Waals surface area contributed by atoms with Gasteiger partial charge >= 0.3 is 0 Å². The number of sulfonamides is 1. The molecule has 2 heterocycles. The van der Waals surface area contributed by atoms with Crippen LogP contribution in [0.2, 0.25) is 0 Å². The molecule has 1 unspecified atom stereocenters. The van der Waals surface area contributed by atoms with Crippen LogP contribution in [0.25, 0.3) is 0 Å². The lowest BCUT2D eigenvalue weighted by Crippen LogP contribution is -2.42. The Bertz CT molecular complexity index is 1200. The Hall–Kier alpha value is -2.73. The zero-order valence-electron chi connectivity index (χ0n) is 20.6. The summed E-state index contributed by atoms with van der Waals surface area (Å²) in [6.07, 6.45) is 3.63. The lowest BCUT2D eigenvalue weighted by molar-refractivity contribution is 0.0760. The van der Waals surface area contributed by atoms with E-state index in [1.54, 1.807) is 22.5 Å². The third kappa shape index (κ3) is 5.75. The topological polar surface area (TPSA) is 84.7 Å². The Labute approximate surface area is 209 Å². The second-order valence-electron chi connectivity index (χ2n) is 9.67. The van der Waals surface area contributed by atoms with Gasteiger partial charge in [0.2, 0.25) is 10.0 Å². The molecule has 7 nitrogen and oxygen atoms in total. The maximum Gasteiger partial charge on any atom is 0.254 e. The summed E-state index contributed by atoms with van der Waals surface area (Å²) in [7, 11) is -3.64. The van der Waals surface area contributed by atoms with Gasteiger partial charge in [0, 0.05) is 50.9 Å². The molecule has 0 radical (unpaired) electrons. The Balaban J connectivity index is 1.46. The Morgan fingerprint density at radius 3 is 2.49 bits per heavy atom. The molecule has 2 aliphatic rings. The van der Waals surface area contributed by atoms with Gasteiger partial charge in [-0.25, -0.2) is 8.42 Å². The van der Waals surface area contributed by atoms with Gasteiger partial charge < -0.3 is 4.90 Å². The Morgan fingerprint density at radius 1 is 1.00 bits per heavy atom. The monoisotopic (exact) mass is 494 g/mol. The van der Waals surface area contributed by atoms with E-state index in [2.05, 4.69) is 11.0 Å². The molecule has 35 heavy (non-hydrogen) atoms. The first-order chi connectivity index (χ1) is 16.8. The normalized spacial score (nSPS) is 20.3. The van der Waals surface area contributed by atoms with Crippen molar-refractivity contribution in [2.24, 2.45) is 0 Å². The maximum atomic E-state index is 13.5. The van der Waals surface area contributed by atoms with Crippen LogP contribution < -0.4 is 0 Å². The zero-order valence-corrected chi connectivity index (χ0v) is 21.4. The number of hydrogen-bond donors (Lipinski definition) is 0. The predicted octanol–water partition coefficient (Wildman–Crippen LogP) is 3.78. The van der Waals surface area contributed by atoms with Crippen molar-refractivity contribution in [3.63, 3.8) is 0 Å². The molecule has 186 valence electrons. The minimum absolute atomic E-state index is 0.0260. The molecule has 1 atom stereocenters. The number of hydrogen-bond acceptors (Lipinski definition) is 5. The van der Waals surface area contributed by atoms with Gasteiger partial charge in [-0.1, -0.05) is 24.6 Å². The number of benzene rings is 2. The van der Waals surface area contributed by atoms with Gasteiger partial charge in [-0.15, -0.1) is 0 Å². The molecular formula is C27H34N4O3S. The standard InChI is InChI=1S/C27H34N4O3S/c1-21-7-12-25(35(33,34)31-15-4-3-6-22(31)2)18-26(21)27(32)30-14-5-13-29(16-17-30)20-24-10-8-23(19-28)9-11-24/h7-12,18,22H,3-6,13-17,20H2,1-2H3. The molecule has 1 amide bonds. The molecule has 8 heteroatoms. The summed E-state index contributed by atoms with van der Waals surface area (Å²) < 4.78 is 28.3. The van der Waals surface area contributed by atoms with E-state index in [0.29, 0.717) is 30.8 Å². The fraction of sp³-hybridized carbons (Fsp3) is 0.481. The van der Waals surface area contributed by atoms with Crippen molar-refractivity contribution in [1.29, 1.82) is 5.26 Å². The minimum atomic E-state index is -3.64. The fourth-order valence-corrected chi connectivity index (χ4v) is 6.73. The van der Waals surface area contributed by atoms with E-state index in [-0.39, 0.29) is 16.8 Å². The van der Waals surface area contributed by atoms with E-state index < -0.39 is 10.0 Å². The zero-order chi connectivity index (χ0) is 25.0. The minimum Gasteiger partial charge on any atom is -0.337 e. The summed E-state index contributed by atoms with van der Waals surface area (Å²) >= 11 is 0. The number of piperidine rings is 1. The molecule has 2 saturated heterocycles. The van der Waals surface area contributed by atoms with Crippen molar-refractivity contribution >= 4 is 15.9 Å². The quantitative estimate of drug-likeness (QED) is 0.632. The van der Waals surface area contributed by atoms with Crippen molar-refractivity contribution in [2.75, 3.05) is 32.7 Å². The van der Waals surface area contributed by atoms with E-state index in [0.717, 1.165) is 56.4 Å². The predicted molar refractivity (Wildman–Crippen MR) is 135 cm³/mol. The van der Waals surface area contributed by atoms with Crippen LogP contribution in [0.4, 0.5) is 0 Å². The number of carbonyl (C=O) groups excluding carboxylic acids is 1. The number of amides is 1. The first-order valence-corrected chi connectivity index (χ1v) is 13.9. The lowest BCUT2D eigenvalue weighted by Gasteiger charge is -2.32. The summed E-state index contributed by atoms with van der Waals surface area (Å²) in [5.41, 5.74) is 3.05. The first kappa shape index (κ1) is 25.4. The summed E-state index contributed by atoms with van der Waals surface area (Å²) in [4.78, 5) is 17.9. The van der Waals surface area contributed by atoms with Crippen molar-refractivity contribution < 1.29 is 13.2 Å². The SMILES string of the molecule is Cc1ccc(S(=O)(=O)N2CCCCC2C)cc1C(=O)N1CCCN(Cc2ccc(C#N)cc2)CC1. The van der Waals surface area contributed by atoms with Crippen molar-refractivity contribution in [1.82, 2.24) is 14.1 Å². The van der Waals surface area contributed by atoms with Crippen LogP contribution in [0.5, 0.6) is 0 Å². The van der Waals surface area contributed by atoms with E-state index >= 15 is 0 Å². The van der Waals surface area contributed by atoms with Crippen molar-refractivity contribution in [2.45, 2.75) is 57.0 Å². The molecule has 0 aromatic heterocycles. The molecule has 0 saturated carbocycles. The number of carbonyl (C=O) groups is 1. The van der Waals surface area contributed by atoms with Crippen LogP contribution in [-0.2, 0) is 16.6 Å². The molecule has 2 aromatic carbocycles. The second kappa shape index (κ2) is 10.9. The molecule has 4 rings (SSSR count). The largest absolute Gasteiger partial charge is 0.337 e. The molecule has 0 N–H and O–H groups in total. The smallest absolute Gasteiger partial charge is 0.254 e. The number of nitriles is 1. The van der Waals surface area contributed by atoms with E-state index in [4.69, 9.17) is 5.26 Å². The van der Waals surface area contributed by atoms with E-state index in [9.17, 15) is 13.2 Å². The summed E-state index contributed by atoms with van der Waals surface area (Å²) in [6.45, 7) is 7.98. The highest BCUT2D eigenvalue weighted by Gasteiger charge is 2.32. The molecule has 2 aliphatic heterocycles. The van der Waals surface area contributed by atoms with E-state index in [1.807, 2.05) is 43.0 Å². The highest BCUT2D eigenvalue weighted by molar-refractivity contribution is 7.89. The van der Waals surface area contributed by atoms with Gasteiger partial charge in [0.1, 0.15) is 0 Å². The highest BCUT2D eigenvalue weighted by atomic mass is 32.2. The van der Waals surface area contributed by atoms with Gasteiger partial charge in [0.15, 0.2) is 0 Å². The Kier molecular flexibility index (Phi) is 7.90. The lowest BCUT2D eigenvalue weighted by atomic mass is 10.1. The van der Waals surface area contributed by atoms with Crippen LogP contribution >= 0.6 is 0 Å². The van der Waals surface area contributed by atoms with Crippen LogP contribution in [0.15, 0.2) is 47.4 Å². The molecule has 0 spiro atoms. The average molecular weight is 495 g/mol. The van der Waals surface area contributed by atoms with Gasteiger partial charge in [0.05, 0.1) is 16.5 Å². The first-order valence-electron chi connectivity index (χ1n) is 12.4. The van der Waals surface area contributed by atoms with Crippen molar-refractivity contribution in [3.05, 3.63) is 64.7 Å².